The number of unbranched alkanes of at least 4 members (excludes halogenated alkanes) is 3. The minimum absolute atomic E-state index is 0.104. The summed E-state index contributed by atoms with van der Waals surface area (Å²) in [7, 11) is -0.190. The van der Waals surface area contributed by atoms with Gasteiger partial charge in [0.05, 0.1) is 31.6 Å². The van der Waals surface area contributed by atoms with Gasteiger partial charge in [-0.3, -0.25) is 0 Å². The molecule has 0 fully saturated rings. The van der Waals surface area contributed by atoms with Crippen molar-refractivity contribution >= 4 is 29.9 Å². The molecule has 3 unspecified atom stereocenters. The summed E-state index contributed by atoms with van der Waals surface area (Å²) in [6.07, 6.45) is 4.65. The first-order chi connectivity index (χ1) is 27.0. The molecule has 0 bridgehead atoms. The Kier molecular flexibility index (Phi) is 9.25. The Hall–Kier alpha value is -4.71. The van der Waals surface area contributed by atoms with Crippen LogP contribution in [-0.2, 0) is 18.3 Å². The van der Waals surface area contributed by atoms with Crippen LogP contribution in [-0.4, -0.2) is 29.4 Å². The van der Waals surface area contributed by atoms with Crippen molar-refractivity contribution in [1.29, 1.82) is 0 Å². The highest BCUT2D eigenvalue weighted by atomic mass is 28.3. The highest BCUT2D eigenvalue weighted by Crippen LogP contribution is 2.62. The predicted molar refractivity (Wildman–Crippen MR) is 235 cm³/mol. The summed E-state index contributed by atoms with van der Waals surface area (Å²) in [5, 5.41) is 2.74. The lowest BCUT2D eigenvalue weighted by Crippen LogP contribution is -2.45. The van der Waals surface area contributed by atoms with E-state index in [2.05, 4.69) is 142 Å². The van der Waals surface area contributed by atoms with Gasteiger partial charge in [0.15, 0.2) is 0 Å². The molecule has 5 aromatic carbocycles. The van der Waals surface area contributed by atoms with Crippen LogP contribution in [0.15, 0.2) is 109 Å². The molecule has 2 heterocycles. The number of fused-ring (bicyclic) bond motifs is 10. The molecule has 2 aliphatic rings. The summed E-state index contributed by atoms with van der Waals surface area (Å²) in [6, 6.07) is 41.1. The molecule has 0 saturated heterocycles. The lowest BCUT2D eigenvalue weighted by molar-refractivity contribution is -0.00471. The van der Waals surface area contributed by atoms with E-state index in [9.17, 15) is 0 Å². The van der Waals surface area contributed by atoms with Crippen LogP contribution in [0.3, 0.4) is 0 Å². The van der Waals surface area contributed by atoms with Crippen LogP contribution in [0.4, 0.5) is 4.39 Å². The summed E-state index contributed by atoms with van der Waals surface area (Å²) in [6.45, 7) is 15.0. The molecule has 0 N–H and O–H groups in total. The fourth-order valence-corrected chi connectivity index (χ4v) is 16.4. The van der Waals surface area contributed by atoms with Crippen molar-refractivity contribution in [3.05, 3.63) is 154 Å². The highest BCUT2D eigenvalue weighted by Gasteiger charge is 2.54. The monoisotopic (exact) mass is 758 g/mol. The number of ether oxygens (including phenoxy) is 1. The number of aromatic nitrogens is 2. The average Bonchev–Trinajstić information content (AvgIpc) is 3.87. The summed E-state index contributed by atoms with van der Waals surface area (Å²) >= 11 is 0. The molecule has 0 saturated carbocycles. The molecule has 0 amide bonds. The topological polar surface area (TPSA) is 19.1 Å². The van der Waals surface area contributed by atoms with Crippen LogP contribution in [0.25, 0.3) is 44.3 Å². The van der Waals surface area contributed by atoms with E-state index in [1.54, 1.807) is 12.1 Å². The smallest absolute Gasteiger partial charge is 0.128 e. The second-order valence-corrected chi connectivity index (χ2v) is 22.6. The van der Waals surface area contributed by atoms with Gasteiger partial charge >= 0.3 is 0 Å². The normalized spacial score (nSPS) is 16.9. The number of hydrogen-bond acceptors (Lipinski definition) is 1. The Morgan fingerprint density at radius 3 is 1.88 bits per heavy atom. The van der Waals surface area contributed by atoms with Gasteiger partial charge in [-0.2, -0.15) is 0 Å². The molecule has 0 spiro atoms. The quantitative estimate of drug-likeness (QED) is 0.0949. The second kappa shape index (κ2) is 14.0. The Bertz CT molecular complexity index is 2620. The van der Waals surface area contributed by atoms with E-state index in [4.69, 9.17) is 4.74 Å². The molecular formula is C51H55FN2OSi. The standard InChI is InChI=1S/C51H55FN2OSi/c1-33-24-26-43-40(30-33)45-47(53(43)6)36-19-11-13-21-38(36)49(45)56(7,29-17-9-8-16-28-55-51(3,4)5)50-39-22-14-12-20-37(39)48-46(50)41-31-34(2)25-27-44(41)54(48)32-35-18-10-15-23-42(35)52/h10-15,18-27,30-31,49-50H,8-9,16-17,28-29,32H2,1-7H3. The van der Waals surface area contributed by atoms with Crippen LogP contribution in [0, 0.1) is 19.7 Å². The maximum atomic E-state index is 15.5. The molecule has 7 aromatic rings. The van der Waals surface area contributed by atoms with Crippen molar-refractivity contribution in [1.82, 2.24) is 9.13 Å². The number of benzene rings is 5. The lowest BCUT2D eigenvalue weighted by atomic mass is 10.1. The summed E-state index contributed by atoms with van der Waals surface area (Å²) < 4.78 is 26.5. The third kappa shape index (κ3) is 6.01. The van der Waals surface area contributed by atoms with Crippen molar-refractivity contribution < 1.29 is 9.13 Å². The van der Waals surface area contributed by atoms with Crippen LogP contribution < -0.4 is 0 Å². The van der Waals surface area contributed by atoms with Gasteiger partial charge in [-0.05, 0) is 93.6 Å². The van der Waals surface area contributed by atoms with E-state index in [0.29, 0.717) is 12.1 Å². The lowest BCUT2D eigenvalue weighted by Gasteiger charge is -2.41. The second-order valence-electron chi connectivity index (χ2n) is 18.0. The zero-order valence-corrected chi connectivity index (χ0v) is 35.2. The Balaban J connectivity index is 1.26. The molecule has 2 aliphatic carbocycles. The molecule has 0 aliphatic heterocycles. The van der Waals surface area contributed by atoms with Gasteiger partial charge in [-0.15, -0.1) is 0 Å². The maximum Gasteiger partial charge on any atom is 0.128 e. The zero-order chi connectivity index (χ0) is 38.9. The van der Waals surface area contributed by atoms with Gasteiger partial charge in [0, 0.05) is 63.2 Å². The number of aryl methyl sites for hydroxylation is 3. The zero-order valence-electron chi connectivity index (χ0n) is 34.2. The van der Waals surface area contributed by atoms with Gasteiger partial charge in [-0.1, -0.05) is 122 Å². The summed E-state index contributed by atoms with van der Waals surface area (Å²) in [5.41, 5.74) is 17.6. The Morgan fingerprint density at radius 2 is 1.21 bits per heavy atom. The maximum absolute atomic E-state index is 15.5. The minimum atomic E-state index is -2.46. The van der Waals surface area contributed by atoms with E-state index < -0.39 is 8.07 Å². The van der Waals surface area contributed by atoms with Crippen LogP contribution in [0.5, 0.6) is 0 Å². The van der Waals surface area contributed by atoms with Crippen molar-refractivity contribution in [3.63, 3.8) is 0 Å². The van der Waals surface area contributed by atoms with E-state index in [-0.39, 0.29) is 17.0 Å². The number of rotatable bonds is 11. The van der Waals surface area contributed by atoms with Crippen molar-refractivity contribution in [2.45, 2.75) is 96.1 Å². The highest BCUT2D eigenvalue weighted by molar-refractivity contribution is 6.83. The average molecular weight is 759 g/mol. The van der Waals surface area contributed by atoms with Crippen molar-refractivity contribution in [2.75, 3.05) is 6.61 Å². The van der Waals surface area contributed by atoms with Gasteiger partial charge in [0.2, 0.25) is 0 Å². The molecule has 9 rings (SSSR count). The van der Waals surface area contributed by atoms with Crippen molar-refractivity contribution in [3.8, 4) is 22.5 Å². The molecule has 3 atom stereocenters. The van der Waals surface area contributed by atoms with E-state index in [1.807, 2.05) is 12.1 Å². The van der Waals surface area contributed by atoms with Crippen molar-refractivity contribution in [2.24, 2.45) is 7.05 Å². The van der Waals surface area contributed by atoms with Gasteiger partial charge < -0.3 is 13.9 Å². The molecule has 0 radical (unpaired) electrons. The first-order valence-corrected chi connectivity index (χ1v) is 23.6. The number of hydrogen-bond donors (Lipinski definition) is 0. The fourth-order valence-electron chi connectivity index (χ4n) is 10.6. The van der Waals surface area contributed by atoms with Gasteiger partial charge in [0.25, 0.3) is 0 Å². The number of halogens is 1. The SMILES string of the molecule is Cc1ccc2c(c1)c1c(n2C)-c2ccccc2C1[Si](C)(CCCCCCOC(C)(C)C)C1c2ccccc2-c2c1c1cc(C)ccc1n2Cc1ccccc1F. The van der Waals surface area contributed by atoms with Crippen LogP contribution >= 0.6 is 0 Å². The van der Waals surface area contributed by atoms with E-state index >= 15 is 4.39 Å². The third-order valence-corrected chi connectivity index (χ3v) is 18.3. The predicted octanol–water partition coefficient (Wildman–Crippen LogP) is 13.4. The van der Waals surface area contributed by atoms with E-state index in [1.165, 1.54) is 103 Å². The third-order valence-electron chi connectivity index (χ3n) is 13.0. The van der Waals surface area contributed by atoms with Gasteiger partial charge in [-0.25, -0.2) is 4.39 Å². The minimum Gasteiger partial charge on any atom is -0.376 e. The first-order valence-electron chi connectivity index (χ1n) is 20.7. The summed E-state index contributed by atoms with van der Waals surface area (Å²) in [5.74, 6) is -0.147. The molecule has 286 valence electrons. The molecule has 56 heavy (non-hydrogen) atoms. The van der Waals surface area contributed by atoms with Crippen LogP contribution in [0.2, 0.25) is 12.6 Å². The van der Waals surface area contributed by atoms with E-state index in [0.717, 1.165) is 18.6 Å². The molecule has 5 heteroatoms. The Labute approximate surface area is 333 Å². The fraction of sp³-hybridized carbons (Fsp3) is 0.333. The summed E-state index contributed by atoms with van der Waals surface area (Å²) in [4.78, 5) is 0. The van der Waals surface area contributed by atoms with Gasteiger partial charge in [0.1, 0.15) is 5.82 Å². The molecule has 3 nitrogen and oxygen atoms in total. The number of nitrogens with zero attached hydrogens (tertiary/aromatic N) is 2. The molecule has 2 aromatic heterocycles. The van der Waals surface area contributed by atoms with Crippen LogP contribution in [0.1, 0.15) is 96.5 Å². The Morgan fingerprint density at radius 1 is 0.661 bits per heavy atom. The molecular weight excluding hydrogens is 704 g/mol. The largest absolute Gasteiger partial charge is 0.376 e. The first kappa shape index (κ1) is 36.9.